The van der Waals surface area contributed by atoms with Gasteiger partial charge >= 0.3 is 5.97 Å². The Kier molecular flexibility index (Phi) is 3.94. The lowest BCUT2D eigenvalue weighted by Crippen LogP contribution is -2.04. The van der Waals surface area contributed by atoms with Crippen molar-refractivity contribution in [3.8, 4) is 0 Å². The van der Waals surface area contributed by atoms with Gasteiger partial charge in [-0.15, -0.1) is 0 Å². The summed E-state index contributed by atoms with van der Waals surface area (Å²) in [4.78, 5) is 19.9. The van der Waals surface area contributed by atoms with E-state index >= 15 is 0 Å². The fourth-order valence-electron chi connectivity index (χ4n) is 2.02. The number of carboxylic acids is 1. The maximum absolute atomic E-state index is 10.8. The summed E-state index contributed by atoms with van der Waals surface area (Å²) < 4.78 is 1.98. The van der Waals surface area contributed by atoms with Crippen molar-refractivity contribution < 1.29 is 9.90 Å². The fourth-order valence-corrected chi connectivity index (χ4v) is 3.40. The lowest BCUT2D eigenvalue weighted by atomic mass is 10.3. The summed E-state index contributed by atoms with van der Waals surface area (Å²) in [5.41, 5.74) is 3.68. The van der Waals surface area contributed by atoms with E-state index in [1.807, 2.05) is 29.0 Å². The van der Waals surface area contributed by atoms with E-state index in [0.29, 0.717) is 11.7 Å². The maximum atomic E-state index is 10.8. The second-order valence-corrected chi connectivity index (χ2v) is 6.31. The minimum atomic E-state index is -0.849. The Morgan fingerprint density at radius 3 is 2.95 bits per heavy atom. The molecule has 5 nitrogen and oxygen atoms in total. The van der Waals surface area contributed by atoms with Gasteiger partial charge in [-0.05, 0) is 41.4 Å². The van der Waals surface area contributed by atoms with Crippen molar-refractivity contribution in [3.05, 3.63) is 40.2 Å². The number of aliphatic carboxylic acids is 1. The first-order valence-electron chi connectivity index (χ1n) is 6.33. The van der Waals surface area contributed by atoms with Crippen LogP contribution in [-0.2, 0) is 11.3 Å². The summed E-state index contributed by atoms with van der Waals surface area (Å²) in [6, 6.07) is 5.89. The van der Waals surface area contributed by atoms with Crippen LogP contribution in [0.15, 0.2) is 34.1 Å². The highest BCUT2D eigenvalue weighted by Crippen LogP contribution is 2.24. The topological polar surface area (TPSA) is 68.0 Å². The van der Waals surface area contributed by atoms with E-state index in [2.05, 4.69) is 21.4 Å². The molecule has 7 heteroatoms. The number of thioether (sulfide) groups is 1. The van der Waals surface area contributed by atoms with E-state index in [4.69, 9.17) is 5.11 Å². The highest BCUT2D eigenvalue weighted by atomic mass is 32.2. The van der Waals surface area contributed by atoms with Crippen LogP contribution >= 0.6 is 23.1 Å². The molecule has 0 saturated heterocycles. The Hall–Kier alpha value is -1.86. The quantitative estimate of drug-likeness (QED) is 0.732. The van der Waals surface area contributed by atoms with Gasteiger partial charge in [0.15, 0.2) is 10.8 Å². The third-order valence-corrected chi connectivity index (χ3v) is 4.64. The molecule has 0 fully saturated rings. The zero-order valence-corrected chi connectivity index (χ0v) is 12.9. The van der Waals surface area contributed by atoms with Crippen molar-refractivity contribution in [2.75, 3.05) is 5.75 Å². The van der Waals surface area contributed by atoms with E-state index < -0.39 is 5.97 Å². The van der Waals surface area contributed by atoms with Crippen LogP contribution in [0.2, 0.25) is 0 Å². The molecule has 0 aromatic carbocycles. The Bertz CT molecular complexity index is 781. The lowest BCUT2D eigenvalue weighted by molar-refractivity contribution is -0.133. The average Bonchev–Trinajstić information content (AvgIpc) is 3.06. The number of thiophene rings is 1. The van der Waals surface area contributed by atoms with Crippen LogP contribution in [0.4, 0.5) is 0 Å². The molecular weight excluding hydrogens is 306 g/mol. The zero-order valence-electron chi connectivity index (χ0n) is 11.3. The van der Waals surface area contributed by atoms with Gasteiger partial charge in [0.2, 0.25) is 0 Å². The monoisotopic (exact) mass is 319 g/mol. The summed E-state index contributed by atoms with van der Waals surface area (Å²) in [6.45, 7) is 2.59. The molecule has 108 valence electrons. The second-order valence-electron chi connectivity index (χ2n) is 4.59. The molecule has 21 heavy (non-hydrogen) atoms. The van der Waals surface area contributed by atoms with Gasteiger partial charge in [0.1, 0.15) is 5.52 Å². The van der Waals surface area contributed by atoms with E-state index in [9.17, 15) is 4.79 Å². The predicted molar refractivity (Wildman–Crippen MR) is 84.0 cm³/mol. The number of aryl methyl sites for hydroxylation is 1. The molecular formula is C14H13N3O2S2. The number of hydrogen-bond acceptors (Lipinski definition) is 5. The number of fused-ring (bicyclic) bond motifs is 1. The van der Waals surface area contributed by atoms with E-state index in [0.717, 1.165) is 16.9 Å². The smallest absolute Gasteiger partial charge is 0.313 e. The highest BCUT2D eigenvalue weighted by Gasteiger charge is 2.14. The van der Waals surface area contributed by atoms with Gasteiger partial charge in [0, 0.05) is 5.69 Å². The van der Waals surface area contributed by atoms with Crippen molar-refractivity contribution in [2.24, 2.45) is 0 Å². The normalized spacial score (nSPS) is 11.1. The van der Waals surface area contributed by atoms with Gasteiger partial charge in [-0.25, -0.2) is 9.97 Å². The van der Waals surface area contributed by atoms with Gasteiger partial charge in [0.05, 0.1) is 12.3 Å². The minimum Gasteiger partial charge on any atom is -0.481 e. The molecule has 3 heterocycles. The van der Waals surface area contributed by atoms with Crippen LogP contribution in [0.5, 0.6) is 0 Å². The van der Waals surface area contributed by atoms with Crippen LogP contribution in [-0.4, -0.2) is 31.4 Å². The predicted octanol–water partition coefficient (Wildman–Crippen LogP) is 3.03. The lowest BCUT2D eigenvalue weighted by Gasteiger charge is -2.06. The molecule has 0 bridgehead atoms. The van der Waals surface area contributed by atoms with E-state index in [1.54, 1.807) is 11.3 Å². The largest absolute Gasteiger partial charge is 0.481 e. The van der Waals surface area contributed by atoms with Gasteiger partial charge in [0.25, 0.3) is 0 Å². The average molecular weight is 319 g/mol. The van der Waals surface area contributed by atoms with Gasteiger partial charge in [-0.2, -0.15) is 11.3 Å². The molecule has 0 unspecified atom stereocenters. The third kappa shape index (κ3) is 3.08. The molecule has 1 N–H and O–H groups in total. The first kappa shape index (κ1) is 14.1. The SMILES string of the molecule is Cc1ccc2nc(SCC(=O)O)n(Cc3ccsc3)c2n1. The number of carboxylic acid groups (broad SMARTS) is 1. The summed E-state index contributed by atoms with van der Waals surface area (Å²) in [7, 11) is 0. The van der Waals surface area contributed by atoms with Gasteiger partial charge < -0.3 is 5.11 Å². The van der Waals surface area contributed by atoms with Crippen LogP contribution in [0.3, 0.4) is 0 Å². The first-order chi connectivity index (χ1) is 10.1. The molecule has 0 aliphatic heterocycles. The molecule has 0 aliphatic carbocycles. The molecule has 3 aromatic rings. The fraction of sp³-hybridized carbons (Fsp3) is 0.214. The number of rotatable bonds is 5. The van der Waals surface area contributed by atoms with Crippen LogP contribution < -0.4 is 0 Å². The van der Waals surface area contributed by atoms with E-state index in [-0.39, 0.29) is 5.75 Å². The number of hydrogen-bond donors (Lipinski definition) is 1. The number of pyridine rings is 1. The second kappa shape index (κ2) is 5.87. The third-order valence-electron chi connectivity index (χ3n) is 2.94. The van der Waals surface area contributed by atoms with Crippen molar-refractivity contribution in [2.45, 2.75) is 18.6 Å². The number of imidazole rings is 1. The van der Waals surface area contributed by atoms with Crippen molar-refractivity contribution in [1.29, 1.82) is 0 Å². The molecule has 3 rings (SSSR count). The molecule has 0 saturated carbocycles. The Morgan fingerprint density at radius 2 is 2.24 bits per heavy atom. The first-order valence-corrected chi connectivity index (χ1v) is 8.26. The standard InChI is InChI=1S/C14H13N3O2S2/c1-9-2-3-11-13(15-9)17(6-10-4-5-20-7-10)14(16-11)21-8-12(18)19/h2-5,7H,6,8H2,1H3,(H,18,19). The minimum absolute atomic E-state index is 0.00800. The van der Waals surface area contributed by atoms with Crippen molar-refractivity contribution in [3.63, 3.8) is 0 Å². The summed E-state index contributed by atoms with van der Waals surface area (Å²) in [6.07, 6.45) is 0. The van der Waals surface area contributed by atoms with Crippen LogP contribution in [0.1, 0.15) is 11.3 Å². The van der Waals surface area contributed by atoms with Gasteiger partial charge in [-0.3, -0.25) is 9.36 Å². The van der Waals surface area contributed by atoms with Crippen molar-refractivity contribution >= 4 is 40.2 Å². The highest BCUT2D eigenvalue weighted by molar-refractivity contribution is 7.99. The molecule has 0 aliphatic rings. The Morgan fingerprint density at radius 1 is 1.38 bits per heavy atom. The van der Waals surface area contributed by atoms with Crippen molar-refractivity contribution in [1.82, 2.24) is 14.5 Å². The number of carbonyl (C=O) groups is 1. The van der Waals surface area contributed by atoms with Gasteiger partial charge in [-0.1, -0.05) is 11.8 Å². The van der Waals surface area contributed by atoms with E-state index in [1.165, 1.54) is 17.3 Å². The number of nitrogens with zero attached hydrogens (tertiary/aromatic N) is 3. The maximum Gasteiger partial charge on any atom is 0.313 e. The molecule has 3 aromatic heterocycles. The molecule has 0 amide bonds. The molecule has 0 atom stereocenters. The Balaban J connectivity index is 2.04. The summed E-state index contributed by atoms with van der Waals surface area (Å²) >= 11 is 2.86. The summed E-state index contributed by atoms with van der Waals surface area (Å²) in [5.74, 6) is -0.857. The molecule has 0 spiro atoms. The summed E-state index contributed by atoms with van der Waals surface area (Å²) in [5, 5.41) is 13.7. The molecule has 0 radical (unpaired) electrons. The Labute approximate surface area is 129 Å². The zero-order chi connectivity index (χ0) is 14.8. The van der Waals surface area contributed by atoms with Crippen LogP contribution in [0.25, 0.3) is 11.2 Å². The van der Waals surface area contributed by atoms with Crippen LogP contribution in [0, 0.1) is 6.92 Å². The number of aromatic nitrogens is 3.